The molecular formula is C11H24N2O2. The Hall–Kier alpha value is -0.610. The molecule has 0 aliphatic carbocycles. The minimum atomic E-state index is -0.581. The molecule has 90 valence electrons. The second-order valence-electron chi connectivity index (χ2n) is 5.17. The molecule has 4 heteroatoms. The Balaban J connectivity index is 3.79. The van der Waals surface area contributed by atoms with Crippen molar-refractivity contribution in [2.75, 3.05) is 13.2 Å². The van der Waals surface area contributed by atoms with Crippen molar-refractivity contribution in [1.82, 2.24) is 5.32 Å². The number of nitrogens with two attached hydrogens (primary N) is 1. The van der Waals surface area contributed by atoms with Gasteiger partial charge in [-0.15, -0.1) is 0 Å². The predicted molar refractivity (Wildman–Crippen MR) is 61.5 cm³/mol. The van der Waals surface area contributed by atoms with Crippen LogP contribution in [-0.4, -0.2) is 30.7 Å². The highest BCUT2D eigenvalue weighted by atomic mass is 16.5. The molecule has 4 nitrogen and oxygen atoms in total. The van der Waals surface area contributed by atoms with E-state index in [1.807, 2.05) is 34.6 Å². The summed E-state index contributed by atoms with van der Waals surface area (Å²) in [6, 6.07) is -0.581. The number of carbonyl (C=O) groups is 1. The summed E-state index contributed by atoms with van der Waals surface area (Å²) in [4.78, 5) is 11.4. The third-order valence-corrected chi connectivity index (χ3v) is 1.72. The van der Waals surface area contributed by atoms with Crippen LogP contribution in [0.4, 0.5) is 0 Å². The first kappa shape index (κ1) is 14.4. The van der Waals surface area contributed by atoms with Crippen molar-refractivity contribution in [3.8, 4) is 0 Å². The van der Waals surface area contributed by atoms with Gasteiger partial charge in [0, 0.05) is 6.54 Å². The van der Waals surface area contributed by atoms with E-state index in [1.165, 1.54) is 0 Å². The monoisotopic (exact) mass is 216 g/mol. The standard InChI is InChI=1S/C11H24N2O2/c1-8(2)6-13-10(14)9(12)7-15-11(3,4)5/h8-9H,6-7,12H2,1-5H3,(H,13,14)/t9-/m1/s1. The quantitative estimate of drug-likeness (QED) is 0.717. The van der Waals surface area contributed by atoms with Crippen LogP contribution in [0.2, 0.25) is 0 Å². The molecule has 0 aliphatic rings. The minimum Gasteiger partial charge on any atom is -0.374 e. The molecule has 15 heavy (non-hydrogen) atoms. The van der Waals surface area contributed by atoms with Gasteiger partial charge >= 0.3 is 0 Å². The van der Waals surface area contributed by atoms with E-state index in [2.05, 4.69) is 5.32 Å². The molecule has 0 aliphatic heterocycles. The molecule has 0 rings (SSSR count). The van der Waals surface area contributed by atoms with Crippen LogP contribution in [0.25, 0.3) is 0 Å². The number of hydrogen-bond donors (Lipinski definition) is 2. The van der Waals surface area contributed by atoms with Gasteiger partial charge < -0.3 is 15.8 Å². The van der Waals surface area contributed by atoms with Crippen LogP contribution >= 0.6 is 0 Å². The molecule has 0 unspecified atom stereocenters. The van der Waals surface area contributed by atoms with Crippen LogP contribution in [0.5, 0.6) is 0 Å². The van der Waals surface area contributed by atoms with E-state index in [0.29, 0.717) is 12.5 Å². The molecule has 0 radical (unpaired) electrons. The summed E-state index contributed by atoms with van der Waals surface area (Å²) >= 11 is 0. The van der Waals surface area contributed by atoms with E-state index in [1.54, 1.807) is 0 Å². The maximum absolute atomic E-state index is 11.4. The van der Waals surface area contributed by atoms with Crippen molar-refractivity contribution in [3.05, 3.63) is 0 Å². The lowest BCUT2D eigenvalue weighted by atomic mass is 10.2. The number of hydrogen-bond acceptors (Lipinski definition) is 3. The number of carbonyl (C=O) groups excluding carboxylic acids is 1. The minimum absolute atomic E-state index is 0.145. The molecule has 0 spiro atoms. The lowest BCUT2D eigenvalue weighted by molar-refractivity contribution is -0.125. The van der Waals surface area contributed by atoms with Gasteiger partial charge in [-0.25, -0.2) is 0 Å². The summed E-state index contributed by atoms with van der Waals surface area (Å²) in [5, 5.41) is 2.77. The van der Waals surface area contributed by atoms with Crippen LogP contribution in [0.15, 0.2) is 0 Å². The van der Waals surface area contributed by atoms with Gasteiger partial charge in [0.25, 0.3) is 0 Å². The normalized spacial score (nSPS) is 14.1. The summed E-state index contributed by atoms with van der Waals surface area (Å²) in [7, 11) is 0. The number of ether oxygens (including phenoxy) is 1. The highest BCUT2D eigenvalue weighted by Gasteiger charge is 2.17. The molecule has 0 fully saturated rings. The molecule has 0 saturated carbocycles. The smallest absolute Gasteiger partial charge is 0.239 e. The van der Waals surface area contributed by atoms with E-state index in [-0.39, 0.29) is 18.1 Å². The summed E-state index contributed by atoms with van der Waals surface area (Å²) in [6.07, 6.45) is 0. The first-order valence-corrected chi connectivity index (χ1v) is 5.39. The van der Waals surface area contributed by atoms with Crippen LogP contribution < -0.4 is 11.1 Å². The Morgan fingerprint density at radius 2 is 1.93 bits per heavy atom. The van der Waals surface area contributed by atoms with Crippen molar-refractivity contribution < 1.29 is 9.53 Å². The molecule has 0 aromatic rings. The second kappa shape index (κ2) is 6.08. The van der Waals surface area contributed by atoms with Crippen LogP contribution in [-0.2, 0) is 9.53 Å². The van der Waals surface area contributed by atoms with Crippen LogP contribution in [0.3, 0.4) is 0 Å². The Labute approximate surface area is 92.6 Å². The predicted octanol–water partition coefficient (Wildman–Crippen LogP) is 0.901. The van der Waals surface area contributed by atoms with E-state index >= 15 is 0 Å². The van der Waals surface area contributed by atoms with Crippen molar-refractivity contribution in [2.24, 2.45) is 11.7 Å². The van der Waals surface area contributed by atoms with Gasteiger partial charge in [0.2, 0.25) is 5.91 Å². The molecule has 0 bridgehead atoms. The van der Waals surface area contributed by atoms with E-state index in [9.17, 15) is 4.79 Å². The zero-order chi connectivity index (χ0) is 12.1. The van der Waals surface area contributed by atoms with Gasteiger partial charge in [-0.1, -0.05) is 13.8 Å². The van der Waals surface area contributed by atoms with Crippen LogP contribution in [0.1, 0.15) is 34.6 Å². The number of rotatable bonds is 5. The highest BCUT2D eigenvalue weighted by Crippen LogP contribution is 2.06. The highest BCUT2D eigenvalue weighted by molar-refractivity contribution is 5.81. The molecular weight excluding hydrogens is 192 g/mol. The summed E-state index contributed by atoms with van der Waals surface area (Å²) < 4.78 is 5.43. The van der Waals surface area contributed by atoms with Gasteiger partial charge in [-0.3, -0.25) is 4.79 Å². The van der Waals surface area contributed by atoms with Gasteiger partial charge in [-0.2, -0.15) is 0 Å². The fourth-order valence-corrected chi connectivity index (χ4v) is 0.851. The average molecular weight is 216 g/mol. The first-order chi connectivity index (χ1) is 6.72. The SMILES string of the molecule is CC(C)CNC(=O)[C@H](N)COC(C)(C)C. The molecule has 0 aromatic carbocycles. The number of amides is 1. The molecule has 1 atom stereocenters. The van der Waals surface area contributed by atoms with E-state index in [0.717, 1.165) is 0 Å². The number of nitrogens with one attached hydrogen (secondary N) is 1. The Morgan fingerprint density at radius 1 is 1.40 bits per heavy atom. The van der Waals surface area contributed by atoms with Crippen LogP contribution in [0, 0.1) is 5.92 Å². The average Bonchev–Trinajstić information content (AvgIpc) is 2.08. The first-order valence-electron chi connectivity index (χ1n) is 5.39. The molecule has 0 saturated heterocycles. The zero-order valence-electron chi connectivity index (χ0n) is 10.5. The largest absolute Gasteiger partial charge is 0.374 e. The maximum atomic E-state index is 11.4. The lowest BCUT2D eigenvalue weighted by Gasteiger charge is -2.22. The fourth-order valence-electron chi connectivity index (χ4n) is 0.851. The van der Waals surface area contributed by atoms with Crippen molar-refractivity contribution in [1.29, 1.82) is 0 Å². The molecule has 0 heterocycles. The summed E-state index contributed by atoms with van der Waals surface area (Å²) in [6.45, 7) is 10.8. The third kappa shape index (κ3) is 8.39. The topological polar surface area (TPSA) is 64.4 Å². The zero-order valence-corrected chi connectivity index (χ0v) is 10.5. The Kier molecular flexibility index (Phi) is 5.83. The van der Waals surface area contributed by atoms with Crippen molar-refractivity contribution in [3.63, 3.8) is 0 Å². The van der Waals surface area contributed by atoms with Gasteiger partial charge in [0.05, 0.1) is 12.2 Å². The molecule has 0 aromatic heterocycles. The third-order valence-electron chi connectivity index (χ3n) is 1.72. The van der Waals surface area contributed by atoms with E-state index < -0.39 is 6.04 Å². The van der Waals surface area contributed by atoms with Crippen molar-refractivity contribution in [2.45, 2.75) is 46.3 Å². The Bertz CT molecular complexity index is 197. The summed E-state index contributed by atoms with van der Waals surface area (Å²) in [5.41, 5.74) is 5.42. The summed E-state index contributed by atoms with van der Waals surface area (Å²) in [5.74, 6) is 0.289. The maximum Gasteiger partial charge on any atom is 0.239 e. The van der Waals surface area contributed by atoms with Gasteiger partial charge in [0.1, 0.15) is 6.04 Å². The Morgan fingerprint density at radius 3 is 2.33 bits per heavy atom. The fraction of sp³-hybridized carbons (Fsp3) is 0.909. The van der Waals surface area contributed by atoms with Crippen molar-refractivity contribution >= 4 is 5.91 Å². The molecule has 3 N–H and O–H groups in total. The van der Waals surface area contributed by atoms with Gasteiger partial charge in [0.15, 0.2) is 0 Å². The van der Waals surface area contributed by atoms with Gasteiger partial charge in [-0.05, 0) is 26.7 Å². The van der Waals surface area contributed by atoms with E-state index in [4.69, 9.17) is 10.5 Å². The lowest BCUT2D eigenvalue weighted by Crippen LogP contribution is -2.45. The molecule has 1 amide bonds. The second-order valence-corrected chi connectivity index (χ2v) is 5.17.